The fourth-order valence-corrected chi connectivity index (χ4v) is 10.5. The van der Waals surface area contributed by atoms with E-state index in [1.807, 2.05) is 23.5 Å². The highest BCUT2D eigenvalue weighted by Gasteiger charge is 2.23. The van der Waals surface area contributed by atoms with Crippen LogP contribution in [0.4, 0.5) is 0 Å². The standard InChI is InChI=1S/C52H30N4S/c1-3-13-35-31(11-1)23-28-45-49(35)41-27-24-34(55-44-19-9-5-15-37(44)40-26-21-32-12-2-4-14-36(32)51(40)55)30-46(41)56(45)52-50(53-42-17-7-8-18-43(42)54-52)33-22-25-39-38-16-6-10-20-47(38)57-48(39)29-33/h1-30H. The van der Waals surface area contributed by atoms with Crippen LogP contribution in [0.15, 0.2) is 182 Å². The summed E-state index contributed by atoms with van der Waals surface area (Å²) in [5.74, 6) is 0.814. The Morgan fingerprint density at radius 1 is 0.386 bits per heavy atom. The van der Waals surface area contributed by atoms with Crippen molar-refractivity contribution in [3.8, 4) is 22.8 Å². The molecule has 57 heavy (non-hydrogen) atoms. The zero-order chi connectivity index (χ0) is 37.2. The lowest BCUT2D eigenvalue weighted by atomic mass is 10.0. The SMILES string of the molecule is c1ccc2c(c1)ccc1c2c2ccc(-n3c4ccccc4c4ccc5ccccc5c43)cc2n1-c1nc2ccccc2nc1-c1ccc2c(c1)sc1ccccc12. The quantitative estimate of drug-likeness (QED) is 0.181. The molecule has 5 heteroatoms. The van der Waals surface area contributed by atoms with E-state index in [1.165, 1.54) is 74.3 Å². The van der Waals surface area contributed by atoms with Crippen molar-refractivity contribution >= 4 is 108 Å². The maximum absolute atomic E-state index is 5.53. The van der Waals surface area contributed by atoms with E-state index in [0.29, 0.717) is 0 Å². The van der Waals surface area contributed by atoms with Crippen LogP contribution in [0.2, 0.25) is 0 Å². The lowest BCUT2D eigenvalue weighted by Crippen LogP contribution is -2.04. The molecule has 0 spiro atoms. The fourth-order valence-electron chi connectivity index (χ4n) is 9.35. The van der Waals surface area contributed by atoms with Gasteiger partial charge in [-0.3, -0.25) is 4.57 Å². The van der Waals surface area contributed by atoms with E-state index in [2.05, 4.69) is 179 Å². The van der Waals surface area contributed by atoms with E-state index in [4.69, 9.17) is 9.97 Å². The minimum atomic E-state index is 0.814. The molecule has 0 saturated heterocycles. The summed E-state index contributed by atoms with van der Waals surface area (Å²) in [6.07, 6.45) is 0. The van der Waals surface area contributed by atoms with Gasteiger partial charge in [-0.25, -0.2) is 9.97 Å². The summed E-state index contributed by atoms with van der Waals surface area (Å²) in [6, 6.07) is 65.9. The van der Waals surface area contributed by atoms with Gasteiger partial charge in [-0.05, 0) is 64.7 Å². The Kier molecular flexibility index (Phi) is 6.29. The number of rotatable bonds is 3. The van der Waals surface area contributed by atoms with Crippen LogP contribution in [-0.2, 0) is 0 Å². The maximum Gasteiger partial charge on any atom is 0.165 e. The maximum atomic E-state index is 5.53. The molecule has 0 amide bonds. The van der Waals surface area contributed by atoms with Crippen LogP contribution in [0.25, 0.3) is 119 Å². The minimum absolute atomic E-state index is 0.814. The van der Waals surface area contributed by atoms with E-state index in [-0.39, 0.29) is 0 Å². The summed E-state index contributed by atoms with van der Waals surface area (Å²) in [5.41, 5.74) is 9.30. The molecular weight excluding hydrogens is 713 g/mol. The second-order valence-electron chi connectivity index (χ2n) is 14.9. The van der Waals surface area contributed by atoms with Crippen LogP contribution < -0.4 is 0 Å². The van der Waals surface area contributed by atoms with Gasteiger partial charge in [-0.2, -0.15) is 0 Å². The first kappa shape index (κ1) is 30.9. The highest BCUT2D eigenvalue weighted by atomic mass is 32.1. The number of nitrogens with zero attached hydrogens (tertiary/aromatic N) is 4. The summed E-state index contributed by atoms with van der Waals surface area (Å²) >= 11 is 1.83. The van der Waals surface area contributed by atoms with Crippen LogP contribution in [0.5, 0.6) is 0 Å². The van der Waals surface area contributed by atoms with E-state index < -0.39 is 0 Å². The molecule has 0 aliphatic heterocycles. The molecular formula is C52H30N4S. The van der Waals surface area contributed by atoms with E-state index >= 15 is 0 Å². The predicted octanol–water partition coefficient (Wildman–Crippen LogP) is 14.2. The molecule has 4 aromatic heterocycles. The Labute approximate surface area is 330 Å². The second-order valence-corrected chi connectivity index (χ2v) is 16.0. The molecule has 13 aromatic rings. The van der Waals surface area contributed by atoms with Crippen molar-refractivity contribution in [2.45, 2.75) is 0 Å². The molecule has 4 heterocycles. The Balaban J connectivity index is 1.17. The van der Waals surface area contributed by atoms with Crippen LogP contribution in [0, 0.1) is 0 Å². The molecule has 0 aliphatic rings. The number of fused-ring (bicyclic) bond motifs is 14. The number of para-hydroxylation sites is 3. The molecule has 9 aromatic carbocycles. The first-order valence-electron chi connectivity index (χ1n) is 19.3. The van der Waals surface area contributed by atoms with Crippen LogP contribution in [0.1, 0.15) is 0 Å². The lowest BCUT2D eigenvalue weighted by molar-refractivity contribution is 1.08. The summed E-state index contributed by atoms with van der Waals surface area (Å²) < 4.78 is 7.35. The first-order valence-corrected chi connectivity index (χ1v) is 20.1. The summed E-state index contributed by atoms with van der Waals surface area (Å²) in [4.78, 5) is 11.0. The zero-order valence-corrected chi connectivity index (χ0v) is 31.3. The average Bonchev–Trinajstić information content (AvgIpc) is 3.93. The van der Waals surface area contributed by atoms with Crippen LogP contribution >= 0.6 is 11.3 Å². The molecule has 0 radical (unpaired) electrons. The first-order chi connectivity index (χ1) is 28.3. The Morgan fingerprint density at radius 3 is 1.91 bits per heavy atom. The largest absolute Gasteiger partial charge is 0.309 e. The van der Waals surface area contributed by atoms with Crippen molar-refractivity contribution in [3.05, 3.63) is 182 Å². The molecule has 0 fully saturated rings. The van der Waals surface area contributed by atoms with E-state index in [1.54, 1.807) is 0 Å². The van der Waals surface area contributed by atoms with Crippen molar-refractivity contribution in [1.29, 1.82) is 0 Å². The van der Waals surface area contributed by atoms with Crippen molar-refractivity contribution in [1.82, 2.24) is 19.1 Å². The fraction of sp³-hybridized carbons (Fsp3) is 0. The number of thiophene rings is 1. The molecule has 4 nitrogen and oxygen atoms in total. The van der Waals surface area contributed by atoms with Crippen LogP contribution in [0.3, 0.4) is 0 Å². The average molecular weight is 743 g/mol. The molecule has 0 atom stereocenters. The third kappa shape index (κ3) is 4.37. The Bertz CT molecular complexity index is 3830. The van der Waals surface area contributed by atoms with E-state index in [9.17, 15) is 0 Å². The minimum Gasteiger partial charge on any atom is -0.309 e. The number of hydrogen-bond donors (Lipinski definition) is 0. The Morgan fingerprint density at radius 2 is 1.04 bits per heavy atom. The van der Waals surface area contributed by atoms with Gasteiger partial charge >= 0.3 is 0 Å². The van der Waals surface area contributed by atoms with Gasteiger partial charge in [-0.1, -0.05) is 133 Å². The monoisotopic (exact) mass is 742 g/mol. The second kappa shape index (κ2) is 11.6. The molecule has 0 aliphatic carbocycles. The van der Waals surface area contributed by atoms with Gasteiger partial charge in [0.05, 0.1) is 33.1 Å². The summed E-state index contributed by atoms with van der Waals surface area (Å²) in [6.45, 7) is 0. The molecule has 0 bridgehead atoms. The summed E-state index contributed by atoms with van der Waals surface area (Å²) in [5, 5.41) is 12.3. The Hall–Kier alpha value is -7.34. The van der Waals surface area contributed by atoms with Crippen LogP contribution in [-0.4, -0.2) is 19.1 Å². The molecule has 0 N–H and O–H groups in total. The van der Waals surface area contributed by atoms with Gasteiger partial charge in [-0.15, -0.1) is 11.3 Å². The number of benzene rings is 9. The van der Waals surface area contributed by atoms with Gasteiger partial charge in [0.2, 0.25) is 0 Å². The van der Waals surface area contributed by atoms with Crippen molar-refractivity contribution in [3.63, 3.8) is 0 Å². The molecule has 13 rings (SSSR count). The van der Waals surface area contributed by atoms with Gasteiger partial charge in [0, 0.05) is 58.4 Å². The lowest BCUT2D eigenvalue weighted by Gasteiger charge is -2.15. The van der Waals surface area contributed by atoms with E-state index in [0.717, 1.165) is 44.8 Å². The topological polar surface area (TPSA) is 35.6 Å². The summed E-state index contributed by atoms with van der Waals surface area (Å²) in [7, 11) is 0. The smallest absolute Gasteiger partial charge is 0.165 e. The van der Waals surface area contributed by atoms with Gasteiger partial charge in [0.15, 0.2) is 5.82 Å². The highest BCUT2D eigenvalue weighted by molar-refractivity contribution is 7.25. The molecule has 0 saturated carbocycles. The van der Waals surface area contributed by atoms with Crippen molar-refractivity contribution < 1.29 is 0 Å². The highest BCUT2D eigenvalue weighted by Crippen LogP contribution is 2.43. The van der Waals surface area contributed by atoms with Gasteiger partial charge < -0.3 is 4.57 Å². The van der Waals surface area contributed by atoms with Crippen molar-refractivity contribution in [2.75, 3.05) is 0 Å². The normalized spacial score (nSPS) is 12.2. The van der Waals surface area contributed by atoms with Gasteiger partial charge in [0.25, 0.3) is 0 Å². The number of hydrogen-bond acceptors (Lipinski definition) is 3. The molecule has 264 valence electrons. The van der Waals surface area contributed by atoms with Gasteiger partial charge in [0.1, 0.15) is 5.69 Å². The zero-order valence-electron chi connectivity index (χ0n) is 30.5. The predicted molar refractivity (Wildman–Crippen MR) is 242 cm³/mol. The number of aromatic nitrogens is 4. The van der Waals surface area contributed by atoms with Crippen molar-refractivity contribution in [2.24, 2.45) is 0 Å². The third-order valence-electron chi connectivity index (χ3n) is 11.9. The molecule has 0 unspecified atom stereocenters. The third-order valence-corrected chi connectivity index (χ3v) is 13.0.